The van der Waals surface area contributed by atoms with E-state index in [4.69, 9.17) is 18.5 Å². The zero-order valence-electron chi connectivity index (χ0n) is 42.6. The average molecular weight is 1060 g/mol. The minimum atomic E-state index is -5.40. The molecule has 1 fully saturated rings. The highest BCUT2D eigenvalue weighted by Gasteiger charge is 2.54. The van der Waals surface area contributed by atoms with E-state index in [1.807, 2.05) is 18.2 Å². The molecule has 1 aliphatic carbocycles. The van der Waals surface area contributed by atoms with Gasteiger partial charge in [0.25, 0.3) is 0 Å². The lowest BCUT2D eigenvalue weighted by atomic mass is 9.85. The van der Waals surface area contributed by atoms with Crippen molar-refractivity contribution in [1.29, 1.82) is 0 Å². The second-order valence-electron chi connectivity index (χ2n) is 17.9. The Kier molecular flexibility index (Phi) is 38.6. The molecule has 0 aromatic carbocycles. The number of allylic oxidation sites excluding steroid dienone is 12. The molecule has 18 nitrogen and oxygen atoms in total. The Morgan fingerprint density at radius 3 is 1.56 bits per heavy atom. The molecule has 0 radical (unpaired) electrons. The number of aliphatic hydroxyl groups is 6. The molecule has 20 heteroatoms. The number of ether oxygens (including phenoxy) is 2. The lowest BCUT2D eigenvalue weighted by Gasteiger charge is -2.43. The molecule has 0 spiro atoms. The molecule has 0 aromatic heterocycles. The maximum atomic E-state index is 13.0. The van der Waals surface area contributed by atoms with E-state index in [2.05, 4.69) is 54.8 Å². The minimum Gasteiger partial charge on any atom is -0.462 e. The van der Waals surface area contributed by atoms with Gasteiger partial charge in [0, 0.05) is 12.8 Å². The van der Waals surface area contributed by atoms with Gasteiger partial charge in [-0.2, -0.15) is 0 Å². The normalized spacial score (nSPS) is 22.3. The van der Waals surface area contributed by atoms with Crippen LogP contribution in [0.3, 0.4) is 0 Å². The number of phosphoric acid groups is 2. The maximum absolute atomic E-state index is 13.0. The summed E-state index contributed by atoms with van der Waals surface area (Å²) in [5.74, 6) is -1.45. The minimum absolute atomic E-state index is 0.0521. The quantitative estimate of drug-likeness (QED) is 0.00910. The van der Waals surface area contributed by atoms with Crippen molar-refractivity contribution >= 4 is 27.6 Å². The molecule has 1 rings (SSSR count). The Labute approximate surface area is 428 Å². The number of unbranched alkanes of at least 4 members (excludes halogenated alkanes) is 12. The van der Waals surface area contributed by atoms with Gasteiger partial charge in [-0.15, -0.1) is 0 Å². The first-order valence-corrected chi connectivity index (χ1v) is 28.9. The molecule has 1 saturated carbocycles. The van der Waals surface area contributed by atoms with Crippen molar-refractivity contribution < 1.29 is 87.1 Å². The van der Waals surface area contributed by atoms with Gasteiger partial charge in [-0.1, -0.05) is 163 Å². The highest BCUT2D eigenvalue weighted by Crippen LogP contribution is 2.49. The van der Waals surface area contributed by atoms with Gasteiger partial charge in [-0.05, 0) is 70.6 Å². The van der Waals surface area contributed by atoms with E-state index >= 15 is 0 Å². The van der Waals surface area contributed by atoms with Crippen molar-refractivity contribution in [2.75, 3.05) is 13.2 Å². The van der Waals surface area contributed by atoms with Crippen LogP contribution in [0.15, 0.2) is 85.1 Å². The largest absolute Gasteiger partial charge is 0.472 e. The molecule has 9 N–H and O–H groups in total. The fraction of sp³-hybridized carbons (Fsp3) is 0.692. The van der Waals surface area contributed by atoms with E-state index in [-0.39, 0.29) is 25.7 Å². The summed E-state index contributed by atoms with van der Waals surface area (Å²) in [6, 6.07) is 0. The van der Waals surface area contributed by atoms with Gasteiger partial charge in [0.2, 0.25) is 0 Å². The second-order valence-corrected chi connectivity index (χ2v) is 20.5. The third-order valence-electron chi connectivity index (χ3n) is 11.4. The summed E-state index contributed by atoms with van der Waals surface area (Å²) in [6.45, 7) is 2.80. The fourth-order valence-corrected chi connectivity index (χ4v) is 8.84. The van der Waals surface area contributed by atoms with Crippen LogP contribution >= 0.6 is 15.6 Å². The molecule has 1 aliphatic rings. The Balaban J connectivity index is 2.66. The Morgan fingerprint density at radius 2 is 0.986 bits per heavy atom. The number of esters is 2. The van der Waals surface area contributed by atoms with E-state index in [1.54, 1.807) is 30.4 Å². The van der Waals surface area contributed by atoms with Crippen LogP contribution in [-0.2, 0) is 41.8 Å². The second kappa shape index (κ2) is 41.4. The van der Waals surface area contributed by atoms with Gasteiger partial charge in [-0.25, -0.2) is 9.13 Å². The highest BCUT2D eigenvalue weighted by molar-refractivity contribution is 7.47. The van der Waals surface area contributed by atoms with Gasteiger partial charge in [0.1, 0.15) is 43.2 Å². The molecule has 0 aromatic rings. The van der Waals surface area contributed by atoms with Crippen molar-refractivity contribution in [3.05, 3.63) is 85.1 Å². The van der Waals surface area contributed by atoms with Crippen LogP contribution in [0.1, 0.15) is 162 Å². The van der Waals surface area contributed by atoms with Gasteiger partial charge in [0.15, 0.2) is 6.10 Å². The van der Waals surface area contributed by atoms with Crippen LogP contribution in [0.25, 0.3) is 0 Å². The number of phosphoric ester groups is 2. The molecular formula is C52H88O18P2. The monoisotopic (exact) mass is 1060 g/mol. The highest BCUT2D eigenvalue weighted by atomic mass is 31.2. The SMILES string of the molecule is CCCCCC/C=C\C/C=C\C/C=C\CCCCCCCCC(=O)OC[C@H](COP(=O)(O)O[C@H]1C(O)C(O)C(O)[C@@H](OP(=O)(O)O)C1O)OC(=O)CCC[C@H](O)/C=C/C=C\C/C=C\C=C\[C@H](O)CCCCC. The Morgan fingerprint density at radius 1 is 0.514 bits per heavy atom. The van der Waals surface area contributed by atoms with E-state index < -0.39 is 95.7 Å². The summed E-state index contributed by atoms with van der Waals surface area (Å²) in [7, 11) is -10.8. The van der Waals surface area contributed by atoms with Crippen LogP contribution in [0.2, 0.25) is 0 Å². The summed E-state index contributed by atoms with van der Waals surface area (Å²) in [6.07, 6.45) is 30.0. The molecule has 414 valence electrons. The van der Waals surface area contributed by atoms with Gasteiger partial charge in [0.05, 0.1) is 18.8 Å². The smallest absolute Gasteiger partial charge is 0.462 e. The van der Waals surface area contributed by atoms with Gasteiger partial charge in [-0.3, -0.25) is 23.2 Å². The number of carbonyl (C=O) groups excluding carboxylic acids is 2. The number of hydrogen-bond donors (Lipinski definition) is 9. The fourth-order valence-electron chi connectivity index (χ4n) is 7.30. The Bertz CT molecular complexity index is 1740. The molecule has 0 saturated heterocycles. The third kappa shape index (κ3) is 35.3. The average Bonchev–Trinajstić information content (AvgIpc) is 3.33. The summed E-state index contributed by atoms with van der Waals surface area (Å²) >= 11 is 0. The first-order valence-electron chi connectivity index (χ1n) is 25.8. The number of aliphatic hydroxyl groups excluding tert-OH is 6. The van der Waals surface area contributed by atoms with E-state index in [9.17, 15) is 64.0 Å². The standard InChI is InChI=1S/C52H88O18P2/c1-3-5-7-8-9-10-11-12-13-14-15-16-17-18-19-20-21-25-28-32-38-45(55)66-40-44(41-67-72(64,65)70-52-49(59)47(57)48(58)51(50(52)60)69-71(61,62)63)68-46(56)39-33-37-43(54)36-31-27-24-22-23-26-30-35-42(53)34-29-6-4-2/h10-11,13-14,16-17,23-24,26-27,30-31,35-36,42-44,47-54,57-60H,3-9,12,15,18-22,25,28-29,32-34,37-41H2,1-2H3,(H,64,65)(H2,61,62,63)/b11-10-,14-13-,17-16-,26-23-,27-24-,35-30+,36-31+/t42-,43-,44-,47?,48?,49?,50?,51-,52+/m1/s1. The van der Waals surface area contributed by atoms with Crippen LogP contribution in [-0.4, -0.2) is 125 Å². The third-order valence-corrected chi connectivity index (χ3v) is 12.9. The van der Waals surface area contributed by atoms with Crippen molar-refractivity contribution in [2.24, 2.45) is 0 Å². The zero-order chi connectivity index (χ0) is 53.5. The van der Waals surface area contributed by atoms with Crippen LogP contribution < -0.4 is 0 Å². The predicted octanol–water partition coefficient (Wildman–Crippen LogP) is 8.51. The van der Waals surface area contributed by atoms with Gasteiger partial charge >= 0.3 is 27.6 Å². The number of hydrogen-bond acceptors (Lipinski definition) is 15. The lowest BCUT2D eigenvalue weighted by molar-refractivity contribution is -0.216. The van der Waals surface area contributed by atoms with E-state index in [0.717, 1.165) is 83.5 Å². The molecule has 10 atom stereocenters. The van der Waals surface area contributed by atoms with E-state index in [1.165, 1.54) is 25.7 Å². The maximum Gasteiger partial charge on any atom is 0.472 e. The summed E-state index contributed by atoms with van der Waals surface area (Å²) in [5.41, 5.74) is 0. The topological polar surface area (TPSA) is 296 Å². The first-order chi connectivity index (χ1) is 34.4. The van der Waals surface area contributed by atoms with Crippen LogP contribution in [0, 0.1) is 0 Å². The number of carbonyl (C=O) groups is 2. The Hall–Kier alpha value is -2.90. The molecule has 0 aliphatic heterocycles. The first kappa shape index (κ1) is 67.1. The number of rotatable bonds is 42. The lowest BCUT2D eigenvalue weighted by Crippen LogP contribution is -2.64. The van der Waals surface area contributed by atoms with Crippen molar-refractivity contribution in [1.82, 2.24) is 0 Å². The predicted molar refractivity (Wildman–Crippen MR) is 276 cm³/mol. The molecule has 0 amide bonds. The van der Waals surface area contributed by atoms with Crippen molar-refractivity contribution in [3.63, 3.8) is 0 Å². The van der Waals surface area contributed by atoms with Crippen LogP contribution in [0.5, 0.6) is 0 Å². The van der Waals surface area contributed by atoms with Crippen molar-refractivity contribution in [2.45, 2.75) is 216 Å². The molecular weight excluding hydrogens is 975 g/mol. The molecule has 72 heavy (non-hydrogen) atoms. The van der Waals surface area contributed by atoms with Gasteiger partial charge < -0.3 is 54.8 Å². The van der Waals surface area contributed by atoms with Crippen LogP contribution in [0.4, 0.5) is 0 Å². The molecule has 5 unspecified atom stereocenters. The summed E-state index contributed by atoms with van der Waals surface area (Å²) in [5, 5.41) is 61.6. The molecule has 0 bridgehead atoms. The molecule has 0 heterocycles. The van der Waals surface area contributed by atoms with Crippen molar-refractivity contribution in [3.8, 4) is 0 Å². The summed E-state index contributed by atoms with van der Waals surface area (Å²) in [4.78, 5) is 54.4. The van der Waals surface area contributed by atoms with E-state index in [0.29, 0.717) is 12.8 Å². The zero-order valence-corrected chi connectivity index (χ0v) is 44.3. The summed E-state index contributed by atoms with van der Waals surface area (Å²) < 4.78 is 49.3.